The summed E-state index contributed by atoms with van der Waals surface area (Å²) in [6.07, 6.45) is 1.57. The normalized spacial score (nSPS) is 12.1. The molecule has 3 aromatic rings. The van der Waals surface area contributed by atoms with E-state index in [0.29, 0.717) is 17.9 Å². The number of methoxy groups -OCH3 is 2. The number of carbonyl (C=O) groups excluding carboxylic acids is 1. The summed E-state index contributed by atoms with van der Waals surface area (Å²) in [5.41, 5.74) is 2.92. The van der Waals surface area contributed by atoms with Crippen LogP contribution < -0.4 is 10.1 Å². The number of benzene rings is 1. The summed E-state index contributed by atoms with van der Waals surface area (Å²) in [5.74, 6) is 0.574. The lowest BCUT2D eigenvalue weighted by Crippen LogP contribution is -2.30. The van der Waals surface area contributed by atoms with E-state index in [9.17, 15) is 4.79 Å². The summed E-state index contributed by atoms with van der Waals surface area (Å²) in [7, 11) is 3.24. The van der Waals surface area contributed by atoms with E-state index in [1.54, 1.807) is 18.6 Å². The van der Waals surface area contributed by atoms with Crippen LogP contribution in [-0.4, -0.2) is 36.1 Å². The Balaban J connectivity index is 1.77. The third-order valence-corrected chi connectivity index (χ3v) is 4.12. The van der Waals surface area contributed by atoms with Crippen LogP contribution in [-0.2, 0) is 4.74 Å². The Morgan fingerprint density at radius 2 is 2.08 bits per heavy atom. The van der Waals surface area contributed by atoms with Crippen molar-refractivity contribution in [3.63, 3.8) is 0 Å². The number of carbonyl (C=O) groups is 1. The van der Waals surface area contributed by atoms with Gasteiger partial charge in [0.1, 0.15) is 17.1 Å². The van der Waals surface area contributed by atoms with Gasteiger partial charge in [0.2, 0.25) is 0 Å². The van der Waals surface area contributed by atoms with Gasteiger partial charge in [0.15, 0.2) is 0 Å². The third kappa shape index (κ3) is 3.49. The Morgan fingerprint density at radius 3 is 2.84 bits per heavy atom. The number of amides is 1. The summed E-state index contributed by atoms with van der Waals surface area (Å²) < 4.78 is 12.6. The molecule has 0 aliphatic heterocycles. The fourth-order valence-corrected chi connectivity index (χ4v) is 2.84. The van der Waals surface area contributed by atoms with Gasteiger partial charge < -0.3 is 14.8 Å². The first kappa shape index (κ1) is 17.0. The van der Waals surface area contributed by atoms with Crippen molar-refractivity contribution in [1.29, 1.82) is 0 Å². The molecule has 3 rings (SSSR count). The van der Waals surface area contributed by atoms with E-state index in [2.05, 4.69) is 10.3 Å². The van der Waals surface area contributed by atoms with Crippen molar-refractivity contribution in [2.75, 3.05) is 20.8 Å². The Kier molecular flexibility index (Phi) is 5.00. The second kappa shape index (κ2) is 7.36. The number of nitrogens with zero attached hydrogens (tertiary/aromatic N) is 2. The molecule has 6 heteroatoms. The van der Waals surface area contributed by atoms with Crippen LogP contribution in [0.1, 0.15) is 27.8 Å². The van der Waals surface area contributed by atoms with Gasteiger partial charge in [-0.2, -0.15) is 0 Å². The fraction of sp³-hybridized carbons (Fsp3) is 0.263. The van der Waals surface area contributed by atoms with Gasteiger partial charge in [-0.3, -0.25) is 9.20 Å². The topological polar surface area (TPSA) is 64.9 Å². The van der Waals surface area contributed by atoms with Crippen molar-refractivity contribution in [3.05, 3.63) is 65.6 Å². The van der Waals surface area contributed by atoms with Crippen molar-refractivity contribution in [1.82, 2.24) is 14.7 Å². The summed E-state index contributed by atoms with van der Waals surface area (Å²) in [4.78, 5) is 17.1. The van der Waals surface area contributed by atoms with Gasteiger partial charge in [-0.15, -0.1) is 0 Å². The fourth-order valence-electron chi connectivity index (χ4n) is 2.84. The first-order valence-corrected chi connectivity index (χ1v) is 8.02. The van der Waals surface area contributed by atoms with Gasteiger partial charge >= 0.3 is 0 Å². The molecule has 1 unspecified atom stereocenters. The summed E-state index contributed by atoms with van der Waals surface area (Å²) in [5, 5.41) is 2.94. The zero-order valence-electron chi connectivity index (χ0n) is 14.5. The number of aromatic nitrogens is 2. The Hall–Kier alpha value is -2.86. The lowest BCUT2D eigenvalue weighted by Gasteiger charge is -2.17. The molecular formula is C19H21N3O3. The van der Waals surface area contributed by atoms with E-state index >= 15 is 0 Å². The molecule has 1 atom stereocenters. The molecule has 1 amide bonds. The lowest BCUT2D eigenvalue weighted by molar-refractivity contribution is 0.0822. The van der Waals surface area contributed by atoms with E-state index in [1.165, 1.54) is 0 Å². The average molecular weight is 339 g/mol. The number of ether oxygens (including phenoxy) is 2. The molecule has 2 heterocycles. The molecule has 0 aliphatic carbocycles. The largest absolute Gasteiger partial charge is 0.497 e. The van der Waals surface area contributed by atoms with Crippen LogP contribution in [0.3, 0.4) is 0 Å². The monoisotopic (exact) mass is 339 g/mol. The minimum atomic E-state index is -0.265. The van der Waals surface area contributed by atoms with Crippen LogP contribution in [0.15, 0.2) is 48.7 Å². The predicted octanol–water partition coefficient (Wildman–Crippen LogP) is 2.77. The minimum Gasteiger partial charge on any atom is -0.497 e. The molecule has 0 fully saturated rings. The van der Waals surface area contributed by atoms with Crippen molar-refractivity contribution in [2.45, 2.75) is 13.0 Å². The zero-order valence-corrected chi connectivity index (χ0v) is 14.5. The predicted molar refractivity (Wildman–Crippen MR) is 95.0 cm³/mol. The summed E-state index contributed by atoms with van der Waals surface area (Å²) in [6, 6.07) is 13.3. The number of fused-ring (bicyclic) bond motifs is 1. The molecule has 2 aromatic heterocycles. The Bertz CT molecular complexity index is 889. The number of aryl methyl sites for hydroxylation is 1. The maximum absolute atomic E-state index is 12.7. The van der Waals surface area contributed by atoms with Crippen LogP contribution in [0, 0.1) is 6.92 Å². The van der Waals surface area contributed by atoms with Crippen molar-refractivity contribution < 1.29 is 14.3 Å². The number of hydrogen-bond acceptors (Lipinski definition) is 4. The SMILES string of the molecule is COc1cccc(C(CNC(=O)c2c(C)nc3ccccn23)OC)c1. The highest BCUT2D eigenvalue weighted by Crippen LogP contribution is 2.21. The quantitative estimate of drug-likeness (QED) is 0.750. The molecule has 0 spiro atoms. The molecule has 0 radical (unpaired) electrons. The van der Waals surface area contributed by atoms with Crippen LogP contribution in [0.5, 0.6) is 5.75 Å². The molecular weight excluding hydrogens is 318 g/mol. The van der Waals surface area contributed by atoms with Gasteiger partial charge in [-0.25, -0.2) is 4.98 Å². The molecule has 1 aromatic carbocycles. The van der Waals surface area contributed by atoms with Gasteiger partial charge in [0, 0.05) is 19.9 Å². The highest BCUT2D eigenvalue weighted by molar-refractivity contribution is 5.94. The zero-order chi connectivity index (χ0) is 17.8. The molecule has 6 nitrogen and oxygen atoms in total. The van der Waals surface area contributed by atoms with E-state index in [4.69, 9.17) is 9.47 Å². The van der Waals surface area contributed by atoms with Crippen LogP contribution in [0.25, 0.3) is 5.65 Å². The minimum absolute atomic E-state index is 0.179. The van der Waals surface area contributed by atoms with Crippen LogP contribution in [0.2, 0.25) is 0 Å². The van der Waals surface area contributed by atoms with E-state index in [1.807, 2.05) is 55.6 Å². The number of hydrogen-bond donors (Lipinski definition) is 1. The highest BCUT2D eigenvalue weighted by atomic mass is 16.5. The second-order valence-electron chi connectivity index (χ2n) is 5.69. The van der Waals surface area contributed by atoms with Gasteiger partial charge in [-0.1, -0.05) is 18.2 Å². The number of imidazole rings is 1. The molecule has 0 saturated carbocycles. The average Bonchev–Trinajstić information content (AvgIpc) is 2.98. The number of pyridine rings is 1. The maximum atomic E-state index is 12.7. The van der Waals surface area contributed by atoms with Crippen molar-refractivity contribution in [2.24, 2.45) is 0 Å². The van der Waals surface area contributed by atoms with Crippen molar-refractivity contribution in [3.8, 4) is 5.75 Å². The summed E-state index contributed by atoms with van der Waals surface area (Å²) in [6.45, 7) is 2.18. The van der Waals surface area contributed by atoms with Gasteiger partial charge in [0.25, 0.3) is 5.91 Å². The first-order valence-electron chi connectivity index (χ1n) is 8.02. The molecule has 1 N–H and O–H groups in total. The highest BCUT2D eigenvalue weighted by Gasteiger charge is 2.18. The molecule has 0 saturated heterocycles. The van der Waals surface area contributed by atoms with Crippen LogP contribution >= 0.6 is 0 Å². The van der Waals surface area contributed by atoms with Crippen LogP contribution in [0.4, 0.5) is 0 Å². The smallest absolute Gasteiger partial charge is 0.270 e. The summed E-state index contributed by atoms with van der Waals surface area (Å²) >= 11 is 0. The van der Waals surface area contributed by atoms with Gasteiger partial charge in [0.05, 0.1) is 18.9 Å². The van der Waals surface area contributed by atoms with Crippen molar-refractivity contribution >= 4 is 11.6 Å². The number of nitrogens with one attached hydrogen (secondary N) is 1. The maximum Gasteiger partial charge on any atom is 0.270 e. The van der Waals surface area contributed by atoms with E-state index < -0.39 is 0 Å². The van der Waals surface area contributed by atoms with E-state index in [0.717, 1.165) is 17.0 Å². The van der Waals surface area contributed by atoms with Gasteiger partial charge in [-0.05, 0) is 36.8 Å². The molecule has 0 aliphatic rings. The number of rotatable bonds is 6. The molecule has 0 bridgehead atoms. The lowest BCUT2D eigenvalue weighted by atomic mass is 10.1. The first-order chi connectivity index (χ1) is 12.1. The Labute approximate surface area is 146 Å². The Morgan fingerprint density at radius 1 is 1.24 bits per heavy atom. The van der Waals surface area contributed by atoms with E-state index in [-0.39, 0.29) is 12.0 Å². The second-order valence-corrected chi connectivity index (χ2v) is 5.69. The molecule has 130 valence electrons. The third-order valence-electron chi connectivity index (χ3n) is 4.12. The molecule has 25 heavy (non-hydrogen) atoms. The standard InChI is InChI=1S/C19H21N3O3/c1-13-18(22-10-5-4-9-17(22)21-13)19(23)20-12-16(25-3)14-7-6-8-15(11-14)24-2/h4-11,16H,12H2,1-3H3,(H,20,23).